The van der Waals surface area contributed by atoms with Crippen molar-refractivity contribution in [2.24, 2.45) is 5.92 Å². The van der Waals surface area contributed by atoms with Gasteiger partial charge in [-0.05, 0) is 71.2 Å². The highest BCUT2D eigenvalue weighted by Gasteiger charge is 2.34. The van der Waals surface area contributed by atoms with Crippen molar-refractivity contribution in [2.45, 2.75) is 64.5 Å². The maximum absolute atomic E-state index is 3.54. The molecule has 0 saturated carbocycles. The lowest BCUT2D eigenvalue weighted by Gasteiger charge is -2.25. The number of hydrogen-bond donors (Lipinski definition) is 1. The zero-order valence-corrected chi connectivity index (χ0v) is 13.9. The Morgan fingerprint density at radius 2 is 1.85 bits per heavy atom. The Morgan fingerprint density at radius 1 is 1.05 bits per heavy atom. The van der Waals surface area contributed by atoms with Crippen LogP contribution < -0.4 is 5.32 Å². The van der Waals surface area contributed by atoms with Crippen LogP contribution in [0, 0.1) is 5.92 Å². The molecule has 118 valence electrons. The van der Waals surface area contributed by atoms with E-state index in [1.165, 1.54) is 71.2 Å². The first-order chi connectivity index (χ1) is 9.66. The van der Waals surface area contributed by atoms with Gasteiger partial charge in [0.25, 0.3) is 0 Å². The molecule has 2 bridgehead atoms. The van der Waals surface area contributed by atoms with Crippen LogP contribution in [0.4, 0.5) is 0 Å². The molecule has 0 aromatic carbocycles. The second-order valence-corrected chi connectivity index (χ2v) is 7.30. The summed E-state index contributed by atoms with van der Waals surface area (Å²) in [6, 6.07) is 1.72. The molecule has 1 N–H and O–H groups in total. The molecule has 2 fully saturated rings. The summed E-state index contributed by atoms with van der Waals surface area (Å²) in [7, 11) is 2.34. The van der Waals surface area contributed by atoms with Crippen molar-refractivity contribution in [2.75, 3.05) is 39.8 Å². The lowest BCUT2D eigenvalue weighted by Crippen LogP contribution is -2.37. The summed E-state index contributed by atoms with van der Waals surface area (Å²) in [6.07, 6.45) is 8.36. The van der Waals surface area contributed by atoms with Gasteiger partial charge >= 0.3 is 0 Å². The van der Waals surface area contributed by atoms with Gasteiger partial charge in [-0.25, -0.2) is 0 Å². The Hall–Kier alpha value is -0.120. The van der Waals surface area contributed by atoms with Crippen molar-refractivity contribution in [3.8, 4) is 0 Å². The second kappa shape index (κ2) is 8.35. The van der Waals surface area contributed by atoms with Gasteiger partial charge in [0.05, 0.1) is 0 Å². The molecular weight excluding hydrogens is 246 g/mol. The molecule has 2 heterocycles. The molecule has 2 saturated heterocycles. The highest BCUT2D eigenvalue weighted by atomic mass is 15.3. The molecule has 2 rings (SSSR count). The van der Waals surface area contributed by atoms with E-state index in [1.54, 1.807) is 0 Å². The number of fused-ring (bicyclic) bond motifs is 2. The van der Waals surface area contributed by atoms with Gasteiger partial charge < -0.3 is 10.2 Å². The largest absolute Gasteiger partial charge is 0.316 e. The average molecular weight is 281 g/mol. The van der Waals surface area contributed by atoms with E-state index in [2.05, 4.69) is 36.0 Å². The van der Waals surface area contributed by atoms with E-state index < -0.39 is 0 Å². The summed E-state index contributed by atoms with van der Waals surface area (Å²) < 4.78 is 0. The Bertz CT molecular complexity index is 267. The summed E-state index contributed by atoms with van der Waals surface area (Å²) in [5.41, 5.74) is 0. The van der Waals surface area contributed by atoms with Crippen LogP contribution in [0.2, 0.25) is 0 Å². The summed E-state index contributed by atoms with van der Waals surface area (Å²) >= 11 is 0. The second-order valence-electron chi connectivity index (χ2n) is 7.30. The minimum atomic E-state index is 0.777. The van der Waals surface area contributed by atoms with E-state index in [9.17, 15) is 0 Å². The fraction of sp³-hybridized carbons (Fsp3) is 1.00. The molecule has 2 atom stereocenters. The van der Waals surface area contributed by atoms with Crippen LogP contribution in [-0.2, 0) is 0 Å². The van der Waals surface area contributed by atoms with Crippen LogP contribution >= 0.6 is 0 Å². The highest BCUT2D eigenvalue weighted by molar-refractivity contribution is 4.90. The van der Waals surface area contributed by atoms with E-state index in [4.69, 9.17) is 0 Å². The number of likely N-dealkylation sites (N-methyl/N-ethyl adjacent to an activating group) is 1. The molecule has 3 nitrogen and oxygen atoms in total. The Kier molecular flexibility index (Phi) is 6.79. The van der Waals surface area contributed by atoms with Crippen LogP contribution in [0.5, 0.6) is 0 Å². The molecule has 0 aromatic rings. The maximum atomic E-state index is 3.54. The Morgan fingerprint density at radius 3 is 2.65 bits per heavy atom. The first-order valence-electron chi connectivity index (χ1n) is 8.82. The third kappa shape index (κ3) is 5.01. The fourth-order valence-electron chi connectivity index (χ4n) is 3.74. The van der Waals surface area contributed by atoms with E-state index >= 15 is 0 Å². The number of hydrogen-bond acceptors (Lipinski definition) is 3. The molecule has 20 heavy (non-hydrogen) atoms. The monoisotopic (exact) mass is 281 g/mol. The summed E-state index contributed by atoms with van der Waals surface area (Å²) in [5.74, 6) is 0.777. The zero-order valence-electron chi connectivity index (χ0n) is 13.9. The SMILES string of the molecule is CC(C)CNCCCCCN1CCC2CCC(C1)N2C. The Balaban J connectivity index is 1.52. The molecule has 2 aliphatic rings. The number of unbranched alkanes of at least 4 members (excludes halogenated alkanes) is 2. The highest BCUT2D eigenvalue weighted by Crippen LogP contribution is 2.28. The molecule has 0 spiro atoms. The summed E-state index contributed by atoms with van der Waals surface area (Å²) in [4.78, 5) is 5.37. The van der Waals surface area contributed by atoms with Gasteiger partial charge in [0.15, 0.2) is 0 Å². The van der Waals surface area contributed by atoms with Gasteiger partial charge in [0, 0.05) is 18.6 Å². The quantitative estimate of drug-likeness (QED) is 0.690. The van der Waals surface area contributed by atoms with Crippen molar-refractivity contribution in [3.05, 3.63) is 0 Å². The van der Waals surface area contributed by atoms with Crippen LogP contribution in [0.25, 0.3) is 0 Å². The van der Waals surface area contributed by atoms with Gasteiger partial charge in [-0.1, -0.05) is 20.3 Å². The van der Waals surface area contributed by atoms with Gasteiger partial charge in [0.1, 0.15) is 0 Å². The van der Waals surface area contributed by atoms with Crippen LogP contribution in [0.3, 0.4) is 0 Å². The molecule has 0 amide bonds. The molecule has 0 aliphatic carbocycles. The lowest BCUT2D eigenvalue weighted by molar-refractivity contribution is 0.216. The van der Waals surface area contributed by atoms with Crippen molar-refractivity contribution < 1.29 is 0 Å². The maximum Gasteiger partial charge on any atom is 0.0223 e. The van der Waals surface area contributed by atoms with Crippen molar-refractivity contribution in [3.63, 3.8) is 0 Å². The predicted octanol–water partition coefficient (Wildman–Crippen LogP) is 2.57. The van der Waals surface area contributed by atoms with Gasteiger partial charge in [-0.15, -0.1) is 0 Å². The van der Waals surface area contributed by atoms with E-state index in [1.807, 2.05) is 0 Å². The Labute approximate surface area is 126 Å². The number of nitrogens with zero attached hydrogens (tertiary/aromatic N) is 2. The topological polar surface area (TPSA) is 18.5 Å². The minimum Gasteiger partial charge on any atom is -0.316 e. The van der Waals surface area contributed by atoms with Gasteiger partial charge in [-0.2, -0.15) is 0 Å². The van der Waals surface area contributed by atoms with Crippen molar-refractivity contribution >= 4 is 0 Å². The average Bonchev–Trinajstić information content (AvgIpc) is 2.64. The summed E-state index contributed by atoms with van der Waals surface area (Å²) in [5, 5.41) is 3.54. The van der Waals surface area contributed by atoms with Crippen molar-refractivity contribution in [1.29, 1.82) is 0 Å². The smallest absolute Gasteiger partial charge is 0.0223 e. The molecule has 0 aromatic heterocycles. The van der Waals surface area contributed by atoms with E-state index in [0.29, 0.717) is 0 Å². The minimum absolute atomic E-state index is 0.777. The molecule has 3 heteroatoms. The molecule has 2 unspecified atom stereocenters. The standard InChI is InChI=1S/C17H35N3/c1-15(2)13-18-10-5-4-6-11-20-12-9-16-7-8-17(14-20)19(16)3/h15-18H,4-14H2,1-3H3. The zero-order chi connectivity index (χ0) is 14.4. The van der Waals surface area contributed by atoms with Gasteiger partial charge in [-0.3, -0.25) is 4.90 Å². The first-order valence-corrected chi connectivity index (χ1v) is 8.82. The third-order valence-electron chi connectivity index (χ3n) is 5.11. The number of rotatable bonds is 8. The van der Waals surface area contributed by atoms with E-state index in [-0.39, 0.29) is 0 Å². The third-order valence-corrected chi connectivity index (χ3v) is 5.11. The van der Waals surface area contributed by atoms with Crippen LogP contribution in [0.1, 0.15) is 52.4 Å². The molecule has 0 radical (unpaired) electrons. The number of nitrogens with one attached hydrogen (secondary N) is 1. The van der Waals surface area contributed by atoms with Crippen LogP contribution in [-0.4, -0.2) is 61.7 Å². The first kappa shape index (κ1) is 16.3. The van der Waals surface area contributed by atoms with Crippen molar-refractivity contribution in [1.82, 2.24) is 15.1 Å². The van der Waals surface area contributed by atoms with Gasteiger partial charge in [0.2, 0.25) is 0 Å². The lowest BCUT2D eigenvalue weighted by atomic mass is 10.1. The normalized spacial score (nSPS) is 28.2. The summed E-state index contributed by atoms with van der Waals surface area (Å²) in [6.45, 7) is 10.9. The van der Waals surface area contributed by atoms with Crippen LogP contribution in [0.15, 0.2) is 0 Å². The number of likely N-dealkylation sites (tertiary alicyclic amines) is 1. The fourth-order valence-corrected chi connectivity index (χ4v) is 3.74. The van der Waals surface area contributed by atoms with E-state index in [0.717, 1.165) is 18.0 Å². The molecular formula is C17H35N3. The predicted molar refractivity (Wildman–Crippen MR) is 87.2 cm³/mol. The molecule has 2 aliphatic heterocycles.